The Balaban J connectivity index is 1.79. The lowest BCUT2D eigenvalue weighted by Crippen LogP contribution is -2.35. The number of thiocarbonyl (C=S) groups is 1. The quantitative estimate of drug-likeness (QED) is 0.617. The van der Waals surface area contributed by atoms with Gasteiger partial charge in [-0.15, -0.1) is 11.3 Å². The van der Waals surface area contributed by atoms with Crippen molar-refractivity contribution in [1.82, 2.24) is 15.1 Å². The van der Waals surface area contributed by atoms with E-state index in [1.165, 1.54) is 22.2 Å². The summed E-state index contributed by atoms with van der Waals surface area (Å²) < 4.78 is 2.01. The Bertz CT molecular complexity index is 885. The van der Waals surface area contributed by atoms with Gasteiger partial charge in [-0.05, 0) is 58.9 Å². The Hall–Kier alpha value is -1.78. The van der Waals surface area contributed by atoms with Crippen molar-refractivity contribution in [3.05, 3.63) is 32.4 Å². The fraction of sp³-hybridized carbons (Fsp3) is 0.375. The van der Waals surface area contributed by atoms with E-state index in [4.69, 9.17) is 18.0 Å². The number of hydrogen-bond acceptors (Lipinski definition) is 5. The molecule has 26 heavy (non-hydrogen) atoms. The lowest BCUT2D eigenvalue weighted by Gasteiger charge is -2.18. The zero-order chi connectivity index (χ0) is 19.0. The van der Waals surface area contributed by atoms with Crippen molar-refractivity contribution in [3.63, 3.8) is 0 Å². The van der Waals surface area contributed by atoms with E-state index in [1.807, 2.05) is 0 Å². The van der Waals surface area contributed by atoms with E-state index in [1.54, 1.807) is 7.05 Å². The second kappa shape index (κ2) is 7.45. The van der Waals surface area contributed by atoms with Crippen LogP contribution in [0, 0.1) is 5.92 Å². The predicted molar refractivity (Wildman–Crippen MR) is 109 cm³/mol. The van der Waals surface area contributed by atoms with Crippen molar-refractivity contribution < 1.29 is 9.59 Å². The van der Waals surface area contributed by atoms with E-state index in [-0.39, 0.29) is 5.11 Å². The third-order valence-electron chi connectivity index (χ3n) is 4.32. The van der Waals surface area contributed by atoms with E-state index in [9.17, 15) is 9.59 Å². The fourth-order valence-electron chi connectivity index (χ4n) is 3.06. The minimum atomic E-state index is -0.483. The summed E-state index contributed by atoms with van der Waals surface area (Å²) in [6.07, 6.45) is 4.31. The van der Waals surface area contributed by atoms with Crippen LogP contribution in [0.3, 0.4) is 0 Å². The zero-order valence-corrected chi connectivity index (χ0v) is 17.5. The Morgan fingerprint density at radius 3 is 2.85 bits per heavy atom. The van der Waals surface area contributed by atoms with Crippen molar-refractivity contribution >= 4 is 61.4 Å². The normalized spacial score (nSPS) is 16.0. The molecule has 2 aromatic rings. The highest BCUT2D eigenvalue weighted by Gasteiger charge is 2.27. The number of nitrogens with two attached hydrogens (primary N) is 1. The summed E-state index contributed by atoms with van der Waals surface area (Å²) in [5.74, 6) is -0.309. The van der Waals surface area contributed by atoms with Crippen LogP contribution in [0.4, 0.5) is 5.00 Å². The van der Waals surface area contributed by atoms with E-state index in [0.29, 0.717) is 26.6 Å². The number of nitrogens with zero attached hydrogens (tertiary/aromatic N) is 2. The molecule has 0 aliphatic heterocycles. The summed E-state index contributed by atoms with van der Waals surface area (Å²) in [5, 5.41) is 10.3. The van der Waals surface area contributed by atoms with Crippen molar-refractivity contribution in [1.29, 1.82) is 0 Å². The number of halogens is 1. The predicted octanol–water partition coefficient (Wildman–Crippen LogP) is 2.59. The molecule has 3 rings (SSSR count). The highest BCUT2D eigenvalue weighted by Crippen LogP contribution is 2.39. The van der Waals surface area contributed by atoms with Crippen molar-refractivity contribution in [2.75, 3.05) is 5.32 Å². The van der Waals surface area contributed by atoms with Crippen LogP contribution in [0.15, 0.2) is 10.7 Å². The lowest BCUT2D eigenvalue weighted by atomic mass is 9.88. The van der Waals surface area contributed by atoms with Crippen LogP contribution in [-0.2, 0) is 19.9 Å². The van der Waals surface area contributed by atoms with Gasteiger partial charge >= 0.3 is 0 Å². The minimum absolute atomic E-state index is 0.109. The third-order valence-corrected chi connectivity index (χ3v) is 6.28. The van der Waals surface area contributed by atoms with Gasteiger partial charge in [-0.3, -0.25) is 19.6 Å². The van der Waals surface area contributed by atoms with Gasteiger partial charge in [0.25, 0.3) is 11.8 Å². The van der Waals surface area contributed by atoms with Gasteiger partial charge in [-0.2, -0.15) is 5.10 Å². The van der Waals surface area contributed by atoms with Crippen LogP contribution in [0.5, 0.6) is 0 Å². The molecule has 0 bridgehead atoms. The summed E-state index contributed by atoms with van der Waals surface area (Å²) in [4.78, 5) is 25.5. The SMILES string of the molecule is C[C@@H]1CCc2c(sc(NC(=S)NC(=O)c3c(Br)cnn3C)c2C(N)=O)C1. The van der Waals surface area contributed by atoms with Crippen LogP contribution < -0.4 is 16.4 Å². The molecule has 0 saturated carbocycles. The Morgan fingerprint density at radius 1 is 1.50 bits per heavy atom. The summed E-state index contributed by atoms with van der Waals surface area (Å²) >= 11 is 10.0. The van der Waals surface area contributed by atoms with Gasteiger partial charge < -0.3 is 11.1 Å². The van der Waals surface area contributed by atoms with E-state index >= 15 is 0 Å². The number of thiophene rings is 1. The van der Waals surface area contributed by atoms with Gasteiger partial charge in [0, 0.05) is 11.9 Å². The van der Waals surface area contributed by atoms with Crippen molar-refractivity contribution in [2.24, 2.45) is 18.7 Å². The molecular formula is C16H18BrN5O2S2. The highest BCUT2D eigenvalue weighted by atomic mass is 79.9. The van der Waals surface area contributed by atoms with Crippen LogP contribution in [0.2, 0.25) is 0 Å². The lowest BCUT2D eigenvalue weighted by molar-refractivity contribution is 0.0966. The van der Waals surface area contributed by atoms with Crippen molar-refractivity contribution in [2.45, 2.75) is 26.2 Å². The van der Waals surface area contributed by atoms with E-state index < -0.39 is 11.8 Å². The Morgan fingerprint density at radius 2 is 2.23 bits per heavy atom. The second-order valence-corrected chi connectivity index (χ2v) is 8.66. The number of amides is 2. The maximum absolute atomic E-state index is 12.4. The average molecular weight is 456 g/mol. The molecule has 0 saturated heterocycles. The number of anilines is 1. The van der Waals surface area contributed by atoms with E-state index in [2.05, 4.69) is 38.6 Å². The summed E-state index contributed by atoms with van der Waals surface area (Å²) in [7, 11) is 1.66. The number of nitrogens with one attached hydrogen (secondary N) is 2. The monoisotopic (exact) mass is 455 g/mol. The van der Waals surface area contributed by atoms with Crippen LogP contribution in [0.25, 0.3) is 0 Å². The van der Waals surface area contributed by atoms with Gasteiger partial charge in [0.15, 0.2) is 5.11 Å². The molecule has 0 unspecified atom stereocenters. The number of hydrogen-bond donors (Lipinski definition) is 3. The first-order valence-corrected chi connectivity index (χ1v) is 10.0. The minimum Gasteiger partial charge on any atom is -0.365 e. The fourth-order valence-corrected chi connectivity index (χ4v) is 5.27. The third kappa shape index (κ3) is 3.67. The number of primary amides is 1. The summed E-state index contributed by atoms with van der Waals surface area (Å²) in [6, 6.07) is 0. The first-order chi connectivity index (χ1) is 12.3. The first kappa shape index (κ1) is 19.0. The number of rotatable bonds is 3. The van der Waals surface area contributed by atoms with Gasteiger partial charge in [0.05, 0.1) is 16.2 Å². The molecule has 0 aromatic carbocycles. The van der Waals surface area contributed by atoms with Gasteiger partial charge in [0.1, 0.15) is 10.7 Å². The first-order valence-electron chi connectivity index (χ1n) is 8.02. The molecule has 1 aliphatic carbocycles. The molecule has 2 aromatic heterocycles. The molecule has 138 valence electrons. The molecule has 1 aliphatic rings. The standard InChI is InChI=1S/C16H18BrN5O2S2/c1-7-3-4-8-10(5-7)26-15(11(8)13(18)23)21-16(25)20-14(24)12-9(17)6-19-22(12)2/h6-7H,3-5H2,1-2H3,(H2,18,23)(H2,20,21,24,25)/t7-/m1/s1. The van der Waals surface area contributed by atoms with Crippen LogP contribution in [0.1, 0.15) is 44.6 Å². The molecule has 0 radical (unpaired) electrons. The molecule has 4 N–H and O–H groups in total. The molecule has 1 atom stereocenters. The number of carbonyl (C=O) groups excluding carboxylic acids is 2. The Labute approximate surface area is 168 Å². The molecule has 2 heterocycles. The topological polar surface area (TPSA) is 102 Å². The molecule has 2 amide bonds. The molecule has 10 heteroatoms. The average Bonchev–Trinajstić information content (AvgIpc) is 3.06. The maximum Gasteiger partial charge on any atom is 0.276 e. The second-order valence-electron chi connectivity index (χ2n) is 6.29. The largest absolute Gasteiger partial charge is 0.365 e. The van der Waals surface area contributed by atoms with Gasteiger partial charge in [-0.1, -0.05) is 6.92 Å². The molecule has 7 nitrogen and oxygen atoms in total. The maximum atomic E-state index is 12.4. The number of carbonyl (C=O) groups is 2. The zero-order valence-electron chi connectivity index (χ0n) is 14.3. The summed E-state index contributed by atoms with van der Waals surface area (Å²) in [5.41, 5.74) is 7.43. The molecule has 0 fully saturated rings. The molecule has 0 spiro atoms. The van der Waals surface area contributed by atoms with Crippen LogP contribution >= 0.6 is 39.5 Å². The number of fused-ring (bicyclic) bond motifs is 1. The Kier molecular flexibility index (Phi) is 5.44. The van der Waals surface area contributed by atoms with Gasteiger partial charge in [0.2, 0.25) is 0 Å². The van der Waals surface area contributed by atoms with Gasteiger partial charge in [-0.25, -0.2) is 0 Å². The van der Waals surface area contributed by atoms with E-state index in [0.717, 1.165) is 29.7 Å². The summed E-state index contributed by atoms with van der Waals surface area (Å²) in [6.45, 7) is 2.19. The van der Waals surface area contributed by atoms with Crippen LogP contribution in [-0.4, -0.2) is 26.7 Å². The highest BCUT2D eigenvalue weighted by molar-refractivity contribution is 9.10. The van der Waals surface area contributed by atoms with Crippen molar-refractivity contribution in [3.8, 4) is 0 Å². The smallest absolute Gasteiger partial charge is 0.276 e. The molecular weight excluding hydrogens is 438 g/mol. The number of aromatic nitrogens is 2. The number of aryl methyl sites for hydroxylation is 1.